The number of nitrogens with one attached hydrogen (secondary N) is 1. The van der Waals surface area contributed by atoms with Crippen LogP contribution in [0.4, 0.5) is 0 Å². The van der Waals surface area contributed by atoms with Crippen molar-refractivity contribution < 1.29 is 5.11 Å². The van der Waals surface area contributed by atoms with Crippen LogP contribution in [0.25, 0.3) is 0 Å². The van der Waals surface area contributed by atoms with Crippen LogP contribution in [0.1, 0.15) is 24.1 Å². The number of rotatable bonds is 6. The van der Waals surface area contributed by atoms with Gasteiger partial charge in [-0.1, -0.05) is 60.7 Å². The molecule has 0 aromatic heterocycles. The lowest BCUT2D eigenvalue weighted by Crippen LogP contribution is -2.36. The third kappa shape index (κ3) is 4.19. The Balaban J connectivity index is 1.96. The minimum Gasteiger partial charge on any atom is -0.395 e. The van der Waals surface area contributed by atoms with Crippen LogP contribution in [0.5, 0.6) is 0 Å². The van der Waals surface area contributed by atoms with Gasteiger partial charge in [-0.2, -0.15) is 0 Å². The molecule has 2 unspecified atom stereocenters. The molecule has 0 fully saturated rings. The van der Waals surface area contributed by atoms with Crippen molar-refractivity contribution in [1.29, 1.82) is 0 Å². The Morgan fingerprint density at radius 2 is 1.53 bits per heavy atom. The Labute approximate surface area is 115 Å². The summed E-state index contributed by atoms with van der Waals surface area (Å²) in [5.41, 5.74) is 2.49. The Hall–Kier alpha value is -1.64. The van der Waals surface area contributed by atoms with Gasteiger partial charge in [0.2, 0.25) is 0 Å². The van der Waals surface area contributed by atoms with Gasteiger partial charge < -0.3 is 10.4 Å². The van der Waals surface area contributed by atoms with Gasteiger partial charge in [-0.25, -0.2) is 0 Å². The average Bonchev–Trinajstić information content (AvgIpc) is 2.48. The maximum Gasteiger partial charge on any atom is 0.0588 e. The van der Waals surface area contributed by atoms with Gasteiger partial charge in [0, 0.05) is 12.1 Å². The van der Waals surface area contributed by atoms with Crippen LogP contribution in [0, 0.1) is 0 Å². The summed E-state index contributed by atoms with van der Waals surface area (Å²) in [6.45, 7) is 2.27. The molecule has 2 atom stereocenters. The molecular weight excluding hydrogens is 234 g/mol. The molecule has 0 radical (unpaired) electrons. The van der Waals surface area contributed by atoms with E-state index in [1.54, 1.807) is 0 Å². The second kappa shape index (κ2) is 7.07. The van der Waals surface area contributed by atoms with Gasteiger partial charge in [-0.3, -0.25) is 0 Å². The fourth-order valence-electron chi connectivity index (χ4n) is 2.27. The highest BCUT2D eigenvalue weighted by Crippen LogP contribution is 2.13. The zero-order valence-corrected chi connectivity index (χ0v) is 11.3. The molecule has 2 rings (SSSR count). The molecule has 0 spiro atoms. The van der Waals surface area contributed by atoms with Crippen molar-refractivity contribution in [3.63, 3.8) is 0 Å². The van der Waals surface area contributed by atoms with E-state index in [2.05, 4.69) is 36.5 Å². The molecule has 2 aromatic rings. The first kappa shape index (κ1) is 13.8. The van der Waals surface area contributed by atoms with Crippen molar-refractivity contribution in [2.45, 2.75) is 25.4 Å². The topological polar surface area (TPSA) is 32.3 Å². The summed E-state index contributed by atoms with van der Waals surface area (Å²) in [5, 5.41) is 13.0. The highest BCUT2D eigenvalue weighted by Gasteiger charge is 2.12. The normalized spacial score (nSPS) is 14.0. The van der Waals surface area contributed by atoms with E-state index in [0.717, 1.165) is 6.42 Å². The van der Waals surface area contributed by atoms with E-state index in [4.69, 9.17) is 0 Å². The molecule has 2 heteroatoms. The van der Waals surface area contributed by atoms with E-state index in [1.807, 2.05) is 36.4 Å². The first-order chi connectivity index (χ1) is 9.29. The van der Waals surface area contributed by atoms with Crippen molar-refractivity contribution in [3.05, 3.63) is 71.8 Å². The number of aliphatic hydroxyl groups excluding tert-OH is 1. The molecule has 0 aliphatic rings. The molecule has 0 saturated heterocycles. The summed E-state index contributed by atoms with van der Waals surface area (Å²) in [6.07, 6.45) is 0.842. The van der Waals surface area contributed by atoms with Crippen molar-refractivity contribution in [2.75, 3.05) is 6.61 Å². The van der Waals surface area contributed by atoms with Crippen LogP contribution in [0.15, 0.2) is 60.7 Å². The summed E-state index contributed by atoms with van der Waals surface area (Å²) in [4.78, 5) is 0. The maximum atomic E-state index is 9.52. The molecule has 2 aromatic carbocycles. The molecule has 19 heavy (non-hydrogen) atoms. The Kier molecular flexibility index (Phi) is 5.13. The monoisotopic (exact) mass is 255 g/mol. The van der Waals surface area contributed by atoms with Gasteiger partial charge >= 0.3 is 0 Å². The molecule has 2 nitrogen and oxygen atoms in total. The smallest absolute Gasteiger partial charge is 0.0588 e. The standard InChI is InChI=1S/C17H21NO/c1-14(16-10-6-3-7-11-16)18-17(13-19)12-15-8-4-2-5-9-15/h2-11,14,17-19H,12-13H2,1H3. The molecule has 0 amide bonds. The highest BCUT2D eigenvalue weighted by atomic mass is 16.3. The maximum absolute atomic E-state index is 9.52. The number of hydrogen-bond acceptors (Lipinski definition) is 2. The second-order valence-electron chi connectivity index (χ2n) is 4.87. The fraction of sp³-hybridized carbons (Fsp3) is 0.294. The average molecular weight is 255 g/mol. The van der Waals surface area contributed by atoms with Crippen LogP contribution in [-0.4, -0.2) is 17.8 Å². The summed E-state index contributed by atoms with van der Waals surface area (Å²) >= 11 is 0. The first-order valence-electron chi connectivity index (χ1n) is 6.75. The third-order valence-electron chi connectivity index (χ3n) is 3.33. The number of hydrogen-bond donors (Lipinski definition) is 2. The predicted molar refractivity (Wildman–Crippen MR) is 79.0 cm³/mol. The van der Waals surface area contributed by atoms with E-state index >= 15 is 0 Å². The first-order valence-corrected chi connectivity index (χ1v) is 6.75. The number of benzene rings is 2. The van der Waals surface area contributed by atoms with Gasteiger partial charge in [0.25, 0.3) is 0 Å². The van der Waals surface area contributed by atoms with Crippen LogP contribution in [0.3, 0.4) is 0 Å². The molecule has 0 aliphatic heterocycles. The summed E-state index contributed by atoms with van der Waals surface area (Å²) in [6, 6.07) is 20.9. The van der Waals surface area contributed by atoms with E-state index < -0.39 is 0 Å². The fourth-order valence-corrected chi connectivity index (χ4v) is 2.27. The lowest BCUT2D eigenvalue weighted by Gasteiger charge is -2.22. The predicted octanol–water partition coefficient (Wildman–Crippen LogP) is 2.94. The van der Waals surface area contributed by atoms with Gasteiger partial charge in [0.1, 0.15) is 0 Å². The zero-order valence-electron chi connectivity index (χ0n) is 11.3. The summed E-state index contributed by atoms with van der Waals surface area (Å²) < 4.78 is 0. The van der Waals surface area contributed by atoms with E-state index in [-0.39, 0.29) is 18.7 Å². The van der Waals surface area contributed by atoms with Crippen molar-refractivity contribution in [2.24, 2.45) is 0 Å². The highest BCUT2D eigenvalue weighted by molar-refractivity contribution is 5.19. The minimum atomic E-state index is 0.0811. The van der Waals surface area contributed by atoms with E-state index in [1.165, 1.54) is 11.1 Å². The van der Waals surface area contributed by atoms with Crippen LogP contribution < -0.4 is 5.32 Å². The lowest BCUT2D eigenvalue weighted by atomic mass is 10.0. The Morgan fingerprint density at radius 3 is 2.11 bits per heavy atom. The second-order valence-corrected chi connectivity index (χ2v) is 4.87. The van der Waals surface area contributed by atoms with Gasteiger partial charge in [0.05, 0.1) is 6.61 Å². The molecule has 0 bridgehead atoms. The Bertz CT molecular complexity index is 469. The molecule has 0 saturated carbocycles. The number of aliphatic hydroxyl groups is 1. The van der Waals surface area contributed by atoms with Crippen LogP contribution >= 0.6 is 0 Å². The summed E-state index contributed by atoms with van der Waals surface area (Å²) in [5.74, 6) is 0. The van der Waals surface area contributed by atoms with Gasteiger partial charge in [-0.15, -0.1) is 0 Å². The third-order valence-corrected chi connectivity index (χ3v) is 3.33. The van der Waals surface area contributed by atoms with E-state index in [9.17, 15) is 5.11 Å². The molecule has 2 N–H and O–H groups in total. The molecular formula is C17H21NO. The van der Waals surface area contributed by atoms with E-state index in [0.29, 0.717) is 0 Å². The van der Waals surface area contributed by atoms with Gasteiger partial charge in [-0.05, 0) is 24.5 Å². The zero-order chi connectivity index (χ0) is 13.5. The quantitative estimate of drug-likeness (QED) is 0.832. The Morgan fingerprint density at radius 1 is 0.947 bits per heavy atom. The van der Waals surface area contributed by atoms with Crippen LogP contribution in [0.2, 0.25) is 0 Å². The van der Waals surface area contributed by atoms with Crippen LogP contribution in [-0.2, 0) is 6.42 Å². The summed E-state index contributed by atoms with van der Waals surface area (Å²) in [7, 11) is 0. The van der Waals surface area contributed by atoms with Gasteiger partial charge in [0.15, 0.2) is 0 Å². The minimum absolute atomic E-state index is 0.0811. The molecule has 0 aliphatic carbocycles. The van der Waals surface area contributed by atoms with Crippen molar-refractivity contribution >= 4 is 0 Å². The lowest BCUT2D eigenvalue weighted by molar-refractivity contribution is 0.232. The SMILES string of the molecule is CC(NC(CO)Cc1ccccc1)c1ccccc1. The van der Waals surface area contributed by atoms with Crippen molar-refractivity contribution in [1.82, 2.24) is 5.32 Å². The van der Waals surface area contributed by atoms with Crippen molar-refractivity contribution in [3.8, 4) is 0 Å². The largest absolute Gasteiger partial charge is 0.395 e. The molecule has 100 valence electrons. The molecule has 0 heterocycles.